The smallest absolute Gasteiger partial charge is 0.462 e. The van der Waals surface area contributed by atoms with Crippen LogP contribution in [0.2, 0.25) is 0 Å². The van der Waals surface area contributed by atoms with E-state index in [1.165, 1.54) is 38.5 Å². The summed E-state index contributed by atoms with van der Waals surface area (Å²) in [5.41, 5.74) is 0. The van der Waals surface area contributed by atoms with Crippen LogP contribution in [0.4, 0.5) is 0 Å². The molecule has 0 aliphatic carbocycles. The Kier molecular flexibility index (Phi) is 69.1. The lowest BCUT2D eigenvalue weighted by Crippen LogP contribution is -2.30. The van der Waals surface area contributed by atoms with Gasteiger partial charge in [-0.15, -0.1) is 0 Å². The zero-order valence-corrected chi connectivity index (χ0v) is 64.1. The Labute approximate surface area is 605 Å². The van der Waals surface area contributed by atoms with Gasteiger partial charge < -0.3 is 33.8 Å². The van der Waals surface area contributed by atoms with Gasteiger partial charge in [0.15, 0.2) is 12.2 Å². The Morgan fingerprint density at radius 1 is 0.290 bits per heavy atom. The molecule has 0 aromatic carbocycles. The summed E-state index contributed by atoms with van der Waals surface area (Å²) in [6.07, 6.45) is 80.2. The standard InChI is InChI=1S/C81H136O17P2/c1-5-9-13-17-21-25-29-32-35-37-40-42-46-49-53-57-61-65-78(83)91-71-76(97-80(85)67-63-59-55-51-45-28-24-20-16-12-8-4)73-95-99(87,88)93-69-75(82)70-94-100(89,90)96-74-77(98-81(86)68-64-60-56-52-48-44-39-34-31-27-23-19-15-11-7-3)72-92-79(84)66-62-58-54-50-47-43-41-38-36-33-30-26-22-18-14-10-6-2/h9-11,13-15,21-23,25-27,32-36,39,41,43,50,54,75-77,82H,5-8,12,16-20,24,28-31,37-38,40,42,44-49,51-53,55-74H2,1-4H3,(H,87,88)(H,89,90)/b13-9-,14-10-,15-11-,25-21-,26-22-,27-23-,35-32-,36-33-,39-34-,43-41-,54-50-. The summed E-state index contributed by atoms with van der Waals surface area (Å²) in [5.74, 6) is -2.27. The van der Waals surface area contributed by atoms with E-state index >= 15 is 0 Å². The second-order valence-electron chi connectivity index (χ2n) is 25.2. The number of hydrogen-bond acceptors (Lipinski definition) is 15. The molecule has 0 fully saturated rings. The van der Waals surface area contributed by atoms with Gasteiger partial charge in [-0.25, -0.2) is 9.13 Å². The van der Waals surface area contributed by atoms with Gasteiger partial charge in [-0.2, -0.15) is 0 Å². The molecular weight excluding hydrogens is 1310 g/mol. The van der Waals surface area contributed by atoms with Crippen molar-refractivity contribution >= 4 is 39.5 Å². The minimum absolute atomic E-state index is 0.0603. The number of aliphatic hydroxyl groups is 1. The topological polar surface area (TPSA) is 237 Å². The average molecular weight is 1440 g/mol. The van der Waals surface area contributed by atoms with E-state index in [0.29, 0.717) is 32.1 Å². The molecule has 0 aliphatic heterocycles. The summed E-state index contributed by atoms with van der Waals surface area (Å²) in [4.78, 5) is 72.8. The highest BCUT2D eigenvalue weighted by Crippen LogP contribution is 2.45. The Morgan fingerprint density at radius 2 is 0.530 bits per heavy atom. The van der Waals surface area contributed by atoms with Crippen molar-refractivity contribution in [1.29, 1.82) is 0 Å². The molecule has 5 atom stereocenters. The Morgan fingerprint density at radius 3 is 0.840 bits per heavy atom. The van der Waals surface area contributed by atoms with Crippen molar-refractivity contribution in [2.24, 2.45) is 0 Å². The molecule has 0 spiro atoms. The van der Waals surface area contributed by atoms with Crippen LogP contribution in [0.5, 0.6) is 0 Å². The fourth-order valence-corrected chi connectivity index (χ4v) is 11.5. The lowest BCUT2D eigenvalue weighted by atomic mass is 10.1. The van der Waals surface area contributed by atoms with E-state index in [9.17, 15) is 43.2 Å². The van der Waals surface area contributed by atoms with Gasteiger partial charge in [0.1, 0.15) is 19.3 Å². The molecule has 19 heteroatoms. The molecule has 0 amide bonds. The number of hydrogen-bond donors (Lipinski definition) is 3. The third-order valence-electron chi connectivity index (χ3n) is 15.6. The normalized spacial score (nSPS) is 14.7. The van der Waals surface area contributed by atoms with E-state index in [4.69, 9.17) is 37.0 Å². The monoisotopic (exact) mass is 1440 g/mol. The minimum atomic E-state index is -4.99. The van der Waals surface area contributed by atoms with Crippen LogP contribution >= 0.6 is 15.6 Å². The van der Waals surface area contributed by atoms with Crippen LogP contribution in [0.15, 0.2) is 134 Å². The van der Waals surface area contributed by atoms with Crippen molar-refractivity contribution < 1.29 is 80.2 Å². The molecule has 3 N–H and O–H groups in total. The summed E-state index contributed by atoms with van der Waals surface area (Å²) >= 11 is 0. The van der Waals surface area contributed by atoms with Gasteiger partial charge in [0, 0.05) is 25.7 Å². The van der Waals surface area contributed by atoms with Gasteiger partial charge in [-0.05, 0) is 128 Å². The zero-order valence-electron chi connectivity index (χ0n) is 62.3. The summed E-state index contributed by atoms with van der Waals surface area (Å²) in [7, 11) is -9.97. The highest BCUT2D eigenvalue weighted by molar-refractivity contribution is 7.47. The van der Waals surface area contributed by atoms with Crippen molar-refractivity contribution in [2.45, 2.75) is 316 Å². The number of carbonyl (C=O) groups is 4. The molecule has 0 radical (unpaired) electrons. The summed E-state index contributed by atoms with van der Waals surface area (Å²) in [6, 6.07) is 0. The van der Waals surface area contributed by atoms with Crippen LogP contribution in [0.25, 0.3) is 0 Å². The first-order valence-electron chi connectivity index (χ1n) is 38.4. The molecule has 100 heavy (non-hydrogen) atoms. The summed E-state index contributed by atoms with van der Waals surface area (Å²) < 4.78 is 68.4. The van der Waals surface area contributed by atoms with Crippen LogP contribution in [0.1, 0.15) is 297 Å². The van der Waals surface area contributed by atoms with E-state index in [1.807, 2.05) is 12.2 Å². The molecule has 572 valence electrons. The number of unbranched alkanes of at least 4 members (excludes halogenated alkanes) is 23. The van der Waals surface area contributed by atoms with Crippen molar-refractivity contribution in [2.75, 3.05) is 39.6 Å². The van der Waals surface area contributed by atoms with E-state index in [1.54, 1.807) is 0 Å². The van der Waals surface area contributed by atoms with Gasteiger partial charge in [0.05, 0.1) is 26.4 Å². The van der Waals surface area contributed by atoms with Crippen LogP contribution in [0.3, 0.4) is 0 Å². The molecule has 0 aromatic heterocycles. The van der Waals surface area contributed by atoms with Gasteiger partial charge in [0.25, 0.3) is 0 Å². The molecule has 0 aromatic rings. The predicted molar refractivity (Wildman–Crippen MR) is 408 cm³/mol. The number of carbonyl (C=O) groups excluding carboxylic acids is 4. The quantitative estimate of drug-likeness (QED) is 0.0169. The maximum absolute atomic E-state index is 13.1. The molecular formula is C81H136O17P2. The van der Waals surface area contributed by atoms with Gasteiger partial charge >= 0.3 is 39.5 Å². The summed E-state index contributed by atoms with van der Waals surface area (Å²) in [6.45, 7) is 4.44. The SMILES string of the molecule is CC/C=C\C/C=C\C/C=C\C/C=C\C/C=C\CCCC(=O)OCC(COP(=O)(O)OCC(O)COP(=O)(O)OCC(COC(=O)CCCCCCCCC/C=C\C/C=C\C/C=C\CC)OC(=O)CCCCCCCCCCCCC)OC(=O)CCCCCCC/C=C\C/C=C\C/C=C\CC. The Hall–Kier alpha value is -4.80. The van der Waals surface area contributed by atoms with Gasteiger partial charge in [0.2, 0.25) is 0 Å². The summed E-state index contributed by atoms with van der Waals surface area (Å²) in [5, 5.41) is 10.6. The molecule has 17 nitrogen and oxygen atoms in total. The van der Waals surface area contributed by atoms with Gasteiger partial charge in [-0.1, -0.05) is 277 Å². The first-order valence-corrected chi connectivity index (χ1v) is 41.4. The van der Waals surface area contributed by atoms with E-state index < -0.39 is 97.5 Å². The third kappa shape index (κ3) is 71.6. The molecule has 0 aliphatic rings. The van der Waals surface area contributed by atoms with E-state index in [0.717, 1.165) is 173 Å². The number of ether oxygens (including phenoxy) is 4. The van der Waals surface area contributed by atoms with Crippen LogP contribution in [-0.4, -0.2) is 96.7 Å². The zero-order chi connectivity index (χ0) is 73.2. The molecule has 0 saturated carbocycles. The second-order valence-corrected chi connectivity index (χ2v) is 28.1. The maximum Gasteiger partial charge on any atom is 0.472 e. The minimum Gasteiger partial charge on any atom is -0.462 e. The number of esters is 4. The first-order chi connectivity index (χ1) is 48.7. The van der Waals surface area contributed by atoms with E-state index in [-0.39, 0.29) is 25.7 Å². The number of phosphoric acid groups is 2. The fraction of sp³-hybridized carbons (Fsp3) is 0.679. The maximum atomic E-state index is 13.1. The number of rotatable bonds is 71. The molecule has 0 heterocycles. The molecule has 0 bridgehead atoms. The van der Waals surface area contributed by atoms with Crippen molar-refractivity contribution in [3.05, 3.63) is 134 Å². The highest BCUT2D eigenvalue weighted by atomic mass is 31.2. The predicted octanol–water partition coefficient (Wildman–Crippen LogP) is 22.1. The number of allylic oxidation sites excluding steroid dienone is 22. The van der Waals surface area contributed by atoms with Gasteiger partial charge in [-0.3, -0.25) is 37.3 Å². The highest BCUT2D eigenvalue weighted by Gasteiger charge is 2.30. The fourth-order valence-electron chi connectivity index (χ4n) is 9.87. The Balaban J connectivity index is 5.39. The Bertz CT molecular complexity index is 2420. The van der Waals surface area contributed by atoms with Crippen molar-refractivity contribution in [3.63, 3.8) is 0 Å². The van der Waals surface area contributed by atoms with Crippen molar-refractivity contribution in [1.82, 2.24) is 0 Å². The van der Waals surface area contributed by atoms with Crippen LogP contribution < -0.4 is 0 Å². The lowest BCUT2D eigenvalue weighted by molar-refractivity contribution is -0.161. The number of aliphatic hydroxyl groups excluding tert-OH is 1. The lowest BCUT2D eigenvalue weighted by Gasteiger charge is -2.21. The average Bonchev–Trinajstić information content (AvgIpc) is 1.02. The first kappa shape index (κ1) is 95.2. The van der Waals surface area contributed by atoms with Crippen molar-refractivity contribution in [3.8, 4) is 0 Å². The van der Waals surface area contributed by atoms with Crippen LogP contribution in [0, 0.1) is 0 Å². The third-order valence-corrected chi connectivity index (χ3v) is 17.5. The second kappa shape index (κ2) is 72.5. The molecule has 0 rings (SSSR count). The van der Waals surface area contributed by atoms with Crippen LogP contribution in [-0.2, 0) is 65.4 Å². The molecule has 5 unspecified atom stereocenters. The molecule has 0 saturated heterocycles. The van der Waals surface area contributed by atoms with E-state index in [2.05, 4.69) is 149 Å². The largest absolute Gasteiger partial charge is 0.472 e. The number of phosphoric ester groups is 2.